The number of aromatic nitrogens is 2. The van der Waals surface area contributed by atoms with E-state index in [1.165, 1.54) is 24.1 Å². The van der Waals surface area contributed by atoms with Crippen molar-refractivity contribution in [3.05, 3.63) is 28.3 Å². The topological polar surface area (TPSA) is 49.2 Å². The highest BCUT2D eigenvalue weighted by Crippen LogP contribution is 2.38. The van der Waals surface area contributed by atoms with E-state index in [9.17, 15) is 5.11 Å². The number of hydrogen-bond donors (Lipinski definition) is 1. The molecule has 3 heterocycles. The van der Waals surface area contributed by atoms with Crippen LogP contribution in [-0.4, -0.2) is 27.7 Å². The van der Waals surface area contributed by atoms with Gasteiger partial charge in [-0.1, -0.05) is 0 Å². The number of aryl methyl sites for hydroxylation is 1. The molecule has 23 heavy (non-hydrogen) atoms. The Morgan fingerprint density at radius 2 is 2.09 bits per heavy atom. The summed E-state index contributed by atoms with van der Waals surface area (Å²) in [6.45, 7) is 6.95. The van der Waals surface area contributed by atoms with Gasteiger partial charge in [-0.25, -0.2) is 9.97 Å². The predicted octanol–water partition coefficient (Wildman–Crippen LogP) is 3.52. The van der Waals surface area contributed by atoms with Gasteiger partial charge in [0.25, 0.3) is 0 Å². The molecule has 0 unspecified atom stereocenters. The van der Waals surface area contributed by atoms with Crippen LogP contribution >= 0.6 is 11.3 Å². The fraction of sp³-hybridized carbons (Fsp3) is 0.556. The van der Waals surface area contributed by atoms with Crippen molar-refractivity contribution in [2.45, 2.75) is 58.1 Å². The average Bonchev–Trinajstić information content (AvgIpc) is 3.13. The van der Waals surface area contributed by atoms with E-state index in [-0.39, 0.29) is 0 Å². The minimum absolute atomic E-state index is 0.539. The minimum atomic E-state index is -0.798. The quantitative estimate of drug-likeness (QED) is 0.936. The lowest BCUT2D eigenvalue weighted by Gasteiger charge is -2.39. The summed E-state index contributed by atoms with van der Waals surface area (Å²) in [5, 5.41) is 10.2. The van der Waals surface area contributed by atoms with Crippen LogP contribution in [0.2, 0.25) is 0 Å². The monoisotopic (exact) mass is 329 g/mol. The van der Waals surface area contributed by atoms with Gasteiger partial charge in [0, 0.05) is 28.7 Å². The number of aliphatic hydroxyl groups is 1. The van der Waals surface area contributed by atoms with Gasteiger partial charge >= 0.3 is 0 Å². The number of fused-ring (bicyclic) bond motifs is 1. The molecule has 0 saturated carbocycles. The van der Waals surface area contributed by atoms with Crippen LogP contribution in [0.4, 0.5) is 5.95 Å². The molecule has 0 spiro atoms. The Balaban J connectivity index is 1.79. The third kappa shape index (κ3) is 2.56. The van der Waals surface area contributed by atoms with Crippen LogP contribution in [0.3, 0.4) is 0 Å². The molecule has 1 fully saturated rings. The standard InChI is InChI=1S/C18H23N3OS/c1-11-9-10-21(11)17-19-13-6-4-5-12(13)16(20-17)14-7-8-15(23-14)18(2,3)22/h7-8,11,22H,4-6,9-10H2,1-3H3/t11-/m0/s1. The van der Waals surface area contributed by atoms with Gasteiger partial charge < -0.3 is 10.0 Å². The lowest BCUT2D eigenvalue weighted by Crippen LogP contribution is -2.46. The molecule has 1 N–H and O–H groups in total. The summed E-state index contributed by atoms with van der Waals surface area (Å²) in [6, 6.07) is 4.66. The Morgan fingerprint density at radius 1 is 1.26 bits per heavy atom. The lowest BCUT2D eigenvalue weighted by atomic mass is 10.1. The van der Waals surface area contributed by atoms with Gasteiger partial charge in [-0.15, -0.1) is 11.3 Å². The normalized spacial score (nSPS) is 20.5. The molecule has 1 aliphatic heterocycles. The van der Waals surface area contributed by atoms with Crippen LogP contribution in [-0.2, 0) is 18.4 Å². The highest BCUT2D eigenvalue weighted by atomic mass is 32.1. The molecule has 122 valence electrons. The molecule has 0 bridgehead atoms. The number of thiophene rings is 1. The number of rotatable bonds is 3. The third-order valence-electron chi connectivity index (χ3n) is 4.94. The van der Waals surface area contributed by atoms with Crippen molar-refractivity contribution >= 4 is 17.3 Å². The summed E-state index contributed by atoms with van der Waals surface area (Å²) >= 11 is 1.65. The van der Waals surface area contributed by atoms with E-state index in [1.54, 1.807) is 11.3 Å². The summed E-state index contributed by atoms with van der Waals surface area (Å²) in [4.78, 5) is 14.2. The van der Waals surface area contributed by atoms with Crippen molar-refractivity contribution in [3.8, 4) is 10.6 Å². The molecule has 5 heteroatoms. The zero-order valence-corrected chi connectivity index (χ0v) is 14.8. The molecule has 1 saturated heterocycles. The van der Waals surface area contributed by atoms with Gasteiger partial charge in [0.2, 0.25) is 5.95 Å². The van der Waals surface area contributed by atoms with Crippen LogP contribution in [0.15, 0.2) is 12.1 Å². The minimum Gasteiger partial charge on any atom is -0.385 e. The lowest BCUT2D eigenvalue weighted by molar-refractivity contribution is 0.0825. The van der Waals surface area contributed by atoms with Crippen LogP contribution in [0, 0.1) is 0 Å². The first-order chi connectivity index (χ1) is 10.9. The van der Waals surface area contributed by atoms with Crippen molar-refractivity contribution in [1.82, 2.24) is 9.97 Å². The Bertz CT molecular complexity index is 747. The maximum Gasteiger partial charge on any atom is 0.226 e. The molecule has 2 aromatic heterocycles. The van der Waals surface area contributed by atoms with E-state index in [4.69, 9.17) is 9.97 Å². The highest BCUT2D eigenvalue weighted by Gasteiger charge is 2.30. The highest BCUT2D eigenvalue weighted by molar-refractivity contribution is 7.15. The van der Waals surface area contributed by atoms with Crippen molar-refractivity contribution < 1.29 is 5.11 Å². The first-order valence-corrected chi connectivity index (χ1v) is 9.24. The Kier molecular flexibility index (Phi) is 3.46. The third-order valence-corrected chi connectivity index (χ3v) is 6.35. The molecule has 0 radical (unpaired) electrons. The van der Waals surface area contributed by atoms with E-state index in [1.807, 2.05) is 19.9 Å². The number of nitrogens with zero attached hydrogens (tertiary/aromatic N) is 3. The number of anilines is 1. The summed E-state index contributed by atoms with van der Waals surface area (Å²) < 4.78 is 0. The maximum absolute atomic E-state index is 10.2. The zero-order chi connectivity index (χ0) is 16.2. The Hall–Kier alpha value is -1.46. The number of hydrogen-bond acceptors (Lipinski definition) is 5. The summed E-state index contributed by atoms with van der Waals surface area (Å²) in [5.74, 6) is 0.887. The second-order valence-corrected chi connectivity index (χ2v) is 8.29. The Labute approximate surface area is 141 Å². The van der Waals surface area contributed by atoms with Gasteiger partial charge in [0.15, 0.2) is 0 Å². The zero-order valence-electron chi connectivity index (χ0n) is 14.0. The Morgan fingerprint density at radius 3 is 2.70 bits per heavy atom. The van der Waals surface area contributed by atoms with Crippen molar-refractivity contribution in [2.75, 3.05) is 11.4 Å². The molecule has 4 nitrogen and oxygen atoms in total. The molecule has 1 atom stereocenters. The second-order valence-electron chi connectivity index (χ2n) is 7.21. The molecule has 0 amide bonds. The van der Waals surface area contributed by atoms with Crippen LogP contribution < -0.4 is 4.90 Å². The van der Waals surface area contributed by atoms with E-state index in [2.05, 4.69) is 17.9 Å². The van der Waals surface area contributed by atoms with Crippen LogP contribution in [0.5, 0.6) is 0 Å². The van der Waals surface area contributed by atoms with Crippen LogP contribution in [0.1, 0.15) is 49.7 Å². The van der Waals surface area contributed by atoms with Crippen molar-refractivity contribution in [1.29, 1.82) is 0 Å². The van der Waals surface area contributed by atoms with Crippen LogP contribution in [0.25, 0.3) is 10.6 Å². The molecular weight excluding hydrogens is 306 g/mol. The van der Waals surface area contributed by atoms with Gasteiger partial charge in [0.1, 0.15) is 0 Å². The summed E-state index contributed by atoms with van der Waals surface area (Å²) in [5.41, 5.74) is 2.82. The first kappa shape index (κ1) is 15.1. The molecule has 4 rings (SSSR count). The predicted molar refractivity (Wildman–Crippen MR) is 94.0 cm³/mol. The second kappa shape index (κ2) is 5.28. The average molecular weight is 329 g/mol. The van der Waals surface area contributed by atoms with Crippen molar-refractivity contribution in [3.63, 3.8) is 0 Å². The van der Waals surface area contributed by atoms with E-state index in [0.717, 1.165) is 40.8 Å². The van der Waals surface area contributed by atoms with Gasteiger partial charge in [0.05, 0.1) is 16.2 Å². The summed E-state index contributed by atoms with van der Waals surface area (Å²) in [7, 11) is 0. The SMILES string of the molecule is C[C@H]1CCN1c1nc2c(c(-c3ccc(C(C)(C)O)s3)n1)CCC2. The first-order valence-electron chi connectivity index (χ1n) is 8.43. The van der Waals surface area contributed by atoms with Crippen molar-refractivity contribution in [2.24, 2.45) is 0 Å². The van der Waals surface area contributed by atoms with Gasteiger partial charge in [-0.3, -0.25) is 0 Å². The smallest absolute Gasteiger partial charge is 0.226 e. The molecule has 0 aromatic carbocycles. The molecule has 2 aliphatic rings. The van der Waals surface area contributed by atoms with E-state index in [0.29, 0.717) is 6.04 Å². The van der Waals surface area contributed by atoms with E-state index < -0.39 is 5.60 Å². The fourth-order valence-electron chi connectivity index (χ4n) is 3.36. The molecule has 1 aliphatic carbocycles. The van der Waals surface area contributed by atoms with E-state index >= 15 is 0 Å². The maximum atomic E-state index is 10.2. The largest absolute Gasteiger partial charge is 0.385 e. The summed E-state index contributed by atoms with van der Waals surface area (Å²) in [6.07, 6.45) is 4.51. The van der Waals surface area contributed by atoms with Gasteiger partial charge in [-0.2, -0.15) is 0 Å². The van der Waals surface area contributed by atoms with Gasteiger partial charge in [-0.05, 0) is 58.6 Å². The molecular formula is C18H23N3OS. The molecule has 2 aromatic rings. The fourth-order valence-corrected chi connectivity index (χ4v) is 4.38.